The van der Waals surface area contributed by atoms with Crippen molar-refractivity contribution in [1.29, 1.82) is 0 Å². The predicted molar refractivity (Wildman–Crippen MR) is 193 cm³/mol. The SMILES string of the molecule is c1ccc(-c2nc(-c3ccccc3-n3c4ccccc4c4cc5c(cc43)sc3ccccc35)nc3c2sc2ccccc23)cc1. The summed E-state index contributed by atoms with van der Waals surface area (Å²) in [6.07, 6.45) is 0. The topological polar surface area (TPSA) is 30.7 Å². The molecular weight excluding hydrogens is 587 g/mol. The van der Waals surface area contributed by atoms with Crippen LogP contribution >= 0.6 is 22.7 Å². The zero-order chi connectivity index (χ0) is 29.5. The number of thiophene rings is 2. The van der Waals surface area contributed by atoms with Crippen LogP contribution in [-0.4, -0.2) is 14.5 Å². The maximum atomic E-state index is 5.33. The molecule has 0 N–H and O–H groups in total. The molecule has 0 amide bonds. The van der Waals surface area contributed by atoms with Crippen LogP contribution < -0.4 is 0 Å². The van der Waals surface area contributed by atoms with E-state index in [-0.39, 0.29) is 0 Å². The molecule has 0 unspecified atom stereocenters. The summed E-state index contributed by atoms with van der Waals surface area (Å²) in [6, 6.07) is 49.8. The van der Waals surface area contributed by atoms with E-state index in [9.17, 15) is 0 Å². The molecule has 0 aliphatic carbocycles. The molecule has 210 valence electrons. The summed E-state index contributed by atoms with van der Waals surface area (Å²) in [4.78, 5) is 10.7. The first-order chi connectivity index (χ1) is 22.3. The zero-order valence-corrected chi connectivity index (χ0v) is 25.6. The standard InChI is InChI=1S/C40H23N3S2/c1-2-12-24(13-3-1)37-39-38(28-17-7-11-21-35(28)45-39)42-40(41-37)27-16-5-9-19-32(27)43-31-18-8-4-14-25(31)29-22-30-26-15-6-10-20-34(26)44-36(30)23-33(29)43/h1-23H. The Morgan fingerprint density at radius 2 is 1.16 bits per heavy atom. The van der Waals surface area contributed by atoms with Gasteiger partial charge in [-0.25, -0.2) is 9.97 Å². The lowest BCUT2D eigenvalue weighted by atomic mass is 10.1. The highest BCUT2D eigenvalue weighted by Gasteiger charge is 2.21. The third-order valence-electron chi connectivity index (χ3n) is 8.82. The lowest BCUT2D eigenvalue weighted by Gasteiger charge is -2.14. The van der Waals surface area contributed by atoms with Crippen LogP contribution in [0.25, 0.3) is 90.6 Å². The Balaban J connectivity index is 1.30. The van der Waals surface area contributed by atoms with Crippen molar-refractivity contribution < 1.29 is 0 Å². The largest absolute Gasteiger partial charge is 0.308 e. The Labute approximate surface area is 266 Å². The lowest BCUT2D eigenvalue weighted by Crippen LogP contribution is -2.00. The number of nitrogens with zero attached hydrogens (tertiary/aromatic N) is 3. The Hall–Kier alpha value is -5.36. The molecule has 3 nitrogen and oxygen atoms in total. The van der Waals surface area contributed by atoms with Crippen molar-refractivity contribution in [3.8, 4) is 28.3 Å². The fourth-order valence-electron chi connectivity index (χ4n) is 6.81. The normalized spacial score (nSPS) is 12.0. The maximum Gasteiger partial charge on any atom is 0.162 e. The molecule has 0 fully saturated rings. The molecule has 4 aromatic heterocycles. The van der Waals surface area contributed by atoms with E-state index in [2.05, 4.69) is 144 Å². The van der Waals surface area contributed by atoms with Gasteiger partial charge in [-0.2, -0.15) is 0 Å². The van der Waals surface area contributed by atoms with Crippen molar-refractivity contribution in [1.82, 2.24) is 14.5 Å². The summed E-state index contributed by atoms with van der Waals surface area (Å²) in [5.74, 6) is 0.731. The average Bonchev–Trinajstić information content (AvgIpc) is 3.76. The third-order valence-corrected chi connectivity index (χ3v) is 11.1. The zero-order valence-electron chi connectivity index (χ0n) is 23.9. The molecule has 0 saturated carbocycles. The van der Waals surface area contributed by atoms with Crippen molar-refractivity contribution in [3.63, 3.8) is 0 Å². The lowest BCUT2D eigenvalue weighted by molar-refractivity contribution is 1.16. The molecule has 0 atom stereocenters. The summed E-state index contributed by atoms with van der Waals surface area (Å²) < 4.78 is 7.35. The van der Waals surface area contributed by atoms with Gasteiger partial charge in [0.05, 0.1) is 32.6 Å². The van der Waals surface area contributed by atoms with Gasteiger partial charge in [-0.1, -0.05) is 97.1 Å². The number of para-hydroxylation sites is 2. The second kappa shape index (κ2) is 9.57. The van der Waals surface area contributed by atoms with E-state index < -0.39 is 0 Å². The van der Waals surface area contributed by atoms with E-state index in [0.29, 0.717) is 0 Å². The van der Waals surface area contributed by atoms with E-state index in [1.54, 1.807) is 11.3 Å². The van der Waals surface area contributed by atoms with Crippen LogP contribution in [0.3, 0.4) is 0 Å². The van der Waals surface area contributed by atoms with Crippen LogP contribution in [0.1, 0.15) is 0 Å². The number of rotatable bonds is 3. The van der Waals surface area contributed by atoms with Crippen molar-refractivity contribution in [3.05, 3.63) is 140 Å². The summed E-state index contributed by atoms with van der Waals surface area (Å²) >= 11 is 3.62. The van der Waals surface area contributed by atoms with Gasteiger partial charge in [0.25, 0.3) is 0 Å². The Morgan fingerprint density at radius 3 is 2.02 bits per heavy atom. The fraction of sp³-hybridized carbons (Fsp3) is 0. The summed E-state index contributed by atoms with van der Waals surface area (Å²) in [7, 11) is 0. The molecule has 0 aliphatic rings. The maximum absolute atomic E-state index is 5.33. The predicted octanol–water partition coefficient (Wildman–Crippen LogP) is 11.6. The van der Waals surface area contributed by atoms with Crippen molar-refractivity contribution >= 4 is 85.0 Å². The van der Waals surface area contributed by atoms with Crippen LogP contribution in [0.2, 0.25) is 0 Å². The van der Waals surface area contributed by atoms with E-state index in [1.165, 1.54) is 52.1 Å². The van der Waals surface area contributed by atoms with Crippen LogP contribution in [0.5, 0.6) is 0 Å². The Kier molecular flexibility index (Phi) is 5.32. The summed E-state index contributed by atoms with van der Waals surface area (Å²) in [6.45, 7) is 0. The van der Waals surface area contributed by atoms with Crippen molar-refractivity contribution in [2.45, 2.75) is 0 Å². The smallest absolute Gasteiger partial charge is 0.162 e. The minimum absolute atomic E-state index is 0.731. The van der Waals surface area contributed by atoms with Gasteiger partial charge < -0.3 is 4.57 Å². The van der Waals surface area contributed by atoms with Crippen LogP contribution in [0.4, 0.5) is 0 Å². The van der Waals surface area contributed by atoms with E-state index >= 15 is 0 Å². The van der Waals surface area contributed by atoms with Crippen LogP contribution in [0, 0.1) is 0 Å². The highest BCUT2D eigenvalue weighted by Crippen LogP contribution is 2.43. The molecule has 0 saturated heterocycles. The van der Waals surface area contributed by atoms with Crippen molar-refractivity contribution in [2.24, 2.45) is 0 Å². The van der Waals surface area contributed by atoms with Gasteiger partial charge >= 0.3 is 0 Å². The van der Waals surface area contributed by atoms with Gasteiger partial charge in [0.2, 0.25) is 0 Å². The second-order valence-electron chi connectivity index (χ2n) is 11.4. The average molecular weight is 610 g/mol. The first-order valence-electron chi connectivity index (χ1n) is 15.0. The molecule has 45 heavy (non-hydrogen) atoms. The monoisotopic (exact) mass is 609 g/mol. The molecule has 10 rings (SSSR count). The third kappa shape index (κ3) is 3.69. The first-order valence-corrected chi connectivity index (χ1v) is 16.6. The highest BCUT2D eigenvalue weighted by atomic mass is 32.1. The second-order valence-corrected chi connectivity index (χ2v) is 13.5. The molecule has 0 aliphatic heterocycles. The van der Waals surface area contributed by atoms with Gasteiger partial charge in [-0.15, -0.1) is 22.7 Å². The molecule has 0 radical (unpaired) electrons. The number of benzene rings is 6. The Bertz CT molecular complexity index is 2770. The minimum Gasteiger partial charge on any atom is -0.308 e. The molecule has 0 bridgehead atoms. The van der Waals surface area contributed by atoms with Gasteiger partial charge in [0.15, 0.2) is 5.82 Å². The molecule has 5 heteroatoms. The summed E-state index contributed by atoms with van der Waals surface area (Å²) in [5, 5.41) is 6.28. The van der Waals surface area contributed by atoms with E-state index in [1.807, 2.05) is 11.3 Å². The Morgan fingerprint density at radius 1 is 0.467 bits per heavy atom. The molecule has 10 aromatic rings. The van der Waals surface area contributed by atoms with Gasteiger partial charge in [-0.3, -0.25) is 0 Å². The van der Waals surface area contributed by atoms with Gasteiger partial charge in [0, 0.05) is 52.2 Å². The minimum atomic E-state index is 0.731. The molecule has 6 aromatic carbocycles. The number of fused-ring (bicyclic) bond motifs is 9. The van der Waals surface area contributed by atoms with E-state index in [4.69, 9.17) is 9.97 Å². The quantitative estimate of drug-likeness (QED) is 0.199. The van der Waals surface area contributed by atoms with Gasteiger partial charge in [-0.05, 0) is 42.5 Å². The molecule has 4 heterocycles. The number of hydrogen-bond acceptors (Lipinski definition) is 4. The van der Waals surface area contributed by atoms with E-state index in [0.717, 1.165) is 38.5 Å². The van der Waals surface area contributed by atoms with Crippen molar-refractivity contribution in [2.75, 3.05) is 0 Å². The molecule has 0 spiro atoms. The molecular formula is C40H23N3S2. The fourth-order valence-corrected chi connectivity index (χ4v) is 9.08. The summed E-state index contributed by atoms with van der Waals surface area (Å²) in [5.41, 5.74) is 7.51. The highest BCUT2D eigenvalue weighted by molar-refractivity contribution is 7.26. The van der Waals surface area contributed by atoms with Gasteiger partial charge in [0.1, 0.15) is 0 Å². The number of hydrogen-bond donors (Lipinski definition) is 0. The van der Waals surface area contributed by atoms with Crippen LogP contribution in [-0.2, 0) is 0 Å². The number of aromatic nitrogens is 3. The first kappa shape index (κ1) is 25.0. The van der Waals surface area contributed by atoms with Crippen LogP contribution in [0.15, 0.2) is 140 Å².